The summed E-state index contributed by atoms with van der Waals surface area (Å²) in [4.78, 5) is 28.6. The number of amides is 2. The van der Waals surface area contributed by atoms with Gasteiger partial charge in [0.25, 0.3) is 0 Å². The van der Waals surface area contributed by atoms with Crippen molar-refractivity contribution in [2.75, 3.05) is 11.9 Å². The summed E-state index contributed by atoms with van der Waals surface area (Å²) in [5.74, 6) is 0.674. The van der Waals surface area contributed by atoms with Gasteiger partial charge in [-0.3, -0.25) is 4.79 Å². The molecule has 34 heavy (non-hydrogen) atoms. The van der Waals surface area contributed by atoms with Crippen LogP contribution in [0.1, 0.15) is 31.9 Å². The zero-order valence-corrected chi connectivity index (χ0v) is 21.0. The number of thioether (sulfide) groups is 1. The number of ether oxygens (including phenoxy) is 1. The smallest absolute Gasteiger partial charge is 0.408 e. The highest BCUT2D eigenvalue weighted by Gasteiger charge is 2.27. The molecule has 2 amide bonds. The summed E-state index contributed by atoms with van der Waals surface area (Å²) < 4.78 is 5.40. The minimum absolute atomic E-state index is 0.209. The van der Waals surface area contributed by atoms with Crippen molar-refractivity contribution in [3.63, 3.8) is 0 Å². The highest BCUT2D eigenvalue weighted by Crippen LogP contribution is 2.25. The van der Waals surface area contributed by atoms with Crippen molar-refractivity contribution in [3.8, 4) is 0 Å². The quantitative estimate of drug-likeness (QED) is 0.401. The van der Waals surface area contributed by atoms with E-state index in [9.17, 15) is 9.59 Å². The van der Waals surface area contributed by atoms with Gasteiger partial charge in [-0.25, -0.2) is 4.79 Å². The molecule has 0 saturated heterocycles. The van der Waals surface area contributed by atoms with E-state index in [-0.39, 0.29) is 5.91 Å². The van der Waals surface area contributed by atoms with Crippen LogP contribution in [0.2, 0.25) is 0 Å². The lowest BCUT2D eigenvalue weighted by atomic mass is 10.0. The summed E-state index contributed by atoms with van der Waals surface area (Å²) in [5.41, 5.74) is 2.33. The molecule has 0 aromatic heterocycles. The summed E-state index contributed by atoms with van der Waals surface area (Å²) >= 11 is 1.75. The fourth-order valence-corrected chi connectivity index (χ4v) is 4.22. The third-order valence-corrected chi connectivity index (χ3v) is 6.16. The number of likely N-dealkylation sites (N-methyl/N-ethyl adjacent to an activating group) is 1. The lowest BCUT2D eigenvalue weighted by Crippen LogP contribution is -2.50. The highest BCUT2D eigenvalue weighted by molar-refractivity contribution is 7.98. The van der Waals surface area contributed by atoms with Crippen LogP contribution in [0.4, 0.5) is 10.5 Å². The van der Waals surface area contributed by atoms with Gasteiger partial charge in [0.05, 0.1) is 0 Å². The van der Waals surface area contributed by atoms with Gasteiger partial charge in [0, 0.05) is 29.8 Å². The number of hydrogen-bond donors (Lipinski definition) is 1. The van der Waals surface area contributed by atoms with Crippen LogP contribution < -0.4 is 10.2 Å². The second-order valence-corrected chi connectivity index (χ2v) is 10.1. The minimum Gasteiger partial charge on any atom is -0.444 e. The number of hydrogen-bond acceptors (Lipinski definition) is 4. The van der Waals surface area contributed by atoms with E-state index >= 15 is 0 Å². The number of nitrogens with one attached hydrogen (secondary N) is 1. The topological polar surface area (TPSA) is 58.6 Å². The third-order valence-electron chi connectivity index (χ3n) is 5.07. The molecule has 0 aliphatic rings. The molecule has 3 aromatic carbocycles. The van der Waals surface area contributed by atoms with Gasteiger partial charge in [0.2, 0.25) is 5.91 Å². The molecule has 3 aromatic rings. The summed E-state index contributed by atoms with van der Waals surface area (Å²) in [5, 5.41) is 2.77. The van der Waals surface area contributed by atoms with E-state index < -0.39 is 17.7 Å². The Morgan fingerprint density at radius 2 is 1.44 bits per heavy atom. The molecule has 0 bridgehead atoms. The standard InChI is InChI=1S/C28H32N2O3S/c1-28(2,3)33-27(32)29-25(19-21-11-7-5-8-12-21)26(31)30(4)23-15-17-24(18-16-23)34-20-22-13-9-6-10-14-22/h5-18,25H,19-20H2,1-4H3,(H,29,32)/t25-/m0/s1. The van der Waals surface area contributed by atoms with Gasteiger partial charge in [-0.2, -0.15) is 0 Å². The van der Waals surface area contributed by atoms with Crippen LogP contribution in [0.25, 0.3) is 0 Å². The zero-order chi connectivity index (χ0) is 24.6. The lowest BCUT2D eigenvalue weighted by molar-refractivity contribution is -0.120. The molecular weight excluding hydrogens is 444 g/mol. The van der Waals surface area contributed by atoms with Gasteiger partial charge < -0.3 is 15.0 Å². The maximum absolute atomic E-state index is 13.4. The van der Waals surface area contributed by atoms with Gasteiger partial charge in [-0.15, -0.1) is 11.8 Å². The number of alkyl carbamates (subject to hydrolysis) is 1. The average molecular weight is 477 g/mol. The summed E-state index contributed by atoms with van der Waals surface area (Å²) in [7, 11) is 1.73. The fraction of sp³-hybridized carbons (Fsp3) is 0.286. The molecule has 5 nitrogen and oxygen atoms in total. The van der Waals surface area contributed by atoms with Crippen molar-refractivity contribution in [3.05, 3.63) is 96.1 Å². The van der Waals surface area contributed by atoms with Gasteiger partial charge in [-0.05, 0) is 56.2 Å². The first-order chi connectivity index (χ1) is 16.2. The average Bonchev–Trinajstić information content (AvgIpc) is 2.82. The number of anilines is 1. The first-order valence-corrected chi connectivity index (χ1v) is 12.3. The molecular formula is C28H32N2O3S. The van der Waals surface area contributed by atoms with E-state index in [2.05, 4.69) is 17.4 Å². The Morgan fingerprint density at radius 3 is 2.00 bits per heavy atom. The largest absolute Gasteiger partial charge is 0.444 e. The summed E-state index contributed by atoms with van der Waals surface area (Å²) in [6.07, 6.45) is -0.239. The van der Waals surface area contributed by atoms with Crippen LogP contribution in [-0.2, 0) is 21.7 Å². The van der Waals surface area contributed by atoms with Gasteiger partial charge in [0.15, 0.2) is 0 Å². The van der Waals surface area contributed by atoms with Gasteiger partial charge in [0.1, 0.15) is 11.6 Å². The Morgan fingerprint density at radius 1 is 0.882 bits per heavy atom. The monoisotopic (exact) mass is 476 g/mol. The number of benzene rings is 3. The Hall–Kier alpha value is -3.25. The molecule has 0 heterocycles. The van der Waals surface area contributed by atoms with Crippen molar-refractivity contribution in [2.45, 2.75) is 49.5 Å². The highest BCUT2D eigenvalue weighted by atomic mass is 32.2. The molecule has 178 valence electrons. The number of carbonyl (C=O) groups is 2. The molecule has 0 fully saturated rings. The normalized spacial score (nSPS) is 12.0. The van der Waals surface area contributed by atoms with Crippen LogP contribution in [0.15, 0.2) is 89.8 Å². The fourth-order valence-electron chi connectivity index (χ4n) is 3.37. The molecule has 1 N–H and O–H groups in total. The summed E-state index contributed by atoms with van der Waals surface area (Å²) in [6, 6.07) is 27.1. The molecule has 0 radical (unpaired) electrons. The van der Waals surface area contributed by atoms with E-state index in [1.807, 2.05) is 72.8 Å². The maximum atomic E-state index is 13.4. The van der Waals surface area contributed by atoms with E-state index in [0.29, 0.717) is 6.42 Å². The molecule has 0 spiro atoms. The number of carbonyl (C=O) groups excluding carboxylic acids is 2. The molecule has 0 saturated carbocycles. The molecule has 0 aliphatic heterocycles. The molecule has 0 aliphatic carbocycles. The van der Waals surface area contributed by atoms with E-state index in [1.54, 1.807) is 44.5 Å². The van der Waals surface area contributed by atoms with Crippen LogP contribution >= 0.6 is 11.8 Å². The van der Waals surface area contributed by atoms with Crippen molar-refractivity contribution in [1.82, 2.24) is 5.32 Å². The predicted octanol–water partition coefficient (Wildman–Crippen LogP) is 6.08. The number of rotatable bonds is 8. The number of nitrogens with zero attached hydrogens (tertiary/aromatic N) is 1. The first kappa shape index (κ1) is 25.4. The molecule has 6 heteroatoms. The van der Waals surface area contributed by atoms with Crippen LogP contribution in [0.3, 0.4) is 0 Å². The Bertz CT molecular complexity index is 1060. The van der Waals surface area contributed by atoms with Crippen LogP contribution in [0.5, 0.6) is 0 Å². The molecule has 0 unspecified atom stereocenters. The molecule has 1 atom stereocenters. The van der Waals surface area contributed by atoms with E-state index in [1.165, 1.54) is 5.56 Å². The predicted molar refractivity (Wildman–Crippen MR) is 139 cm³/mol. The van der Waals surface area contributed by atoms with Crippen molar-refractivity contribution in [2.24, 2.45) is 0 Å². The van der Waals surface area contributed by atoms with Crippen molar-refractivity contribution in [1.29, 1.82) is 0 Å². The maximum Gasteiger partial charge on any atom is 0.408 e. The third kappa shape index (κ3) is 7.96. The zero-order valence-electron chi connectivity index (χ0n) is 20.2. The SMILES string of the molecule is CN(C(=O)[C@H](Cc1ccccc1)NC(=O)OC(C)(C)C)c1ccc(SCc2ccccc2)cc1. The van der Waals surface area contributed by atoms with Crippen molar-refractivity contribution < 1.29 is 14.3 Å². The van der Waals surface area contributed by atoms with Crippen LogP contribution in [-0.4, -0.2) is 30.7 Å². The Kier molecular flexibility index (Phi) is 8.77. The Labute approximate surface area is 206 Å². The van der Waals surface area contributed by atoms with E-state index in [0.717, 1.165) is 21.9 Å². The second-order valence-electron chi connectivity index (χ2n) is 9.05. The Balaban J connectivity index is 1.69. The van der Waals surface area contributed by atoms with Gasteiger partial charge >= 0.3 is 6.09 Å². The summed E-state index contributed by atoms with van der Waals surface area (Å²) in [6.45, 7) is 5.39. The lowest BCUT2D eigenvalue weighted by Gasteiger charge is -2.27. The minimum atomic E-state index is -0.755. The van der Waals surface area contributed by atoms with E-state index in [4.69, 9.17) is 4.74 Å². The van der Waals surface area contributed by atoms with Crippen molar-refractivity contribution >= 4 is 29.4 Å². The van der Waals surface area contributed by atoms with Crippen LogP contribution in [0, 0.1) is 0 Å². The van der Waals surface area contributed by atoms with Gasteiger partial charge in [-0.1, -0.05) is 60.7 Å². The first-order valence-electron chi connectivity index (χ1n) is 11.3. The second kappa shape index (κ2) is 11.7. The molecule has 3 rings (SSSR count).